The summed E-state index contributed by atoms with van der Waals surface area (Å²) in [6.45, 7) is 12.2. The molecule has 13 heteroatoms. The van der Waals surface area contributed by atoms with Crippen LogP contribution in [0.25, 0.3) is 0 Å². The summed E-state index contributed by atoms with van der Waals surface area (Å²) in [7, 11) is 0. The summed E-state index contributed by atoms with van der Waals surface area (Å²) in [6, 6.07) is 14.1. The van der Waals surface area contributed by atoms with E-state index in [1.165, 1.54) is 6.20 Å². The largest absolute Gasteiger partial charge is 0.489 e. The van der Waals surface area contributed by atoms with E-state index < -0.39 is 17.9 Å². The molecule has 1 atom stereocenters. The summed E-state index contributed by atoms with van der Waals surface area (Å²) in [4.78, 5) is 77.5. The lowest BCUT2D eigenvalue weighted by atomic mass is 9.49. The van der Waals surface area contributed by atoms with Crippen molar-refractivity contribution in [2.24, 2.45) is 16.7 Å². The highest BCUT2D eigenvalue weighted by molar-refractivity contribution is 6.31. The lowest BCUT2D eigenvalue weighted by Crippen LogP contribution is -2.74. The summed E-state index contributed by atoms with van der Waals surface area (Å²) in [6.07, 6.45) is 2.58. The van der Waals surface area contributed by atoms with Gasteiger partial charge in [0.1, 0.15) is 29.5 Å². The van der Waals surface area contributed by atoms with Crippen molar-refractivity contribution in [1.29, 1.82) is 5.26 Å². The number of imide groups is 1. The van der Waals surface area contributed by atoms with E-state index in [-0.39, 0.29) is 76.8 Å². The number of nitriles is 1. The summed E-state index contributed by atoms with van der Waals surface area (Å²) in [5, 5.41) is 9.61. The van der Waals surface area contributed by atoms with Crippen LogP contribution < -0.4 is 9.64 Å². The van der Waals surface area contributed by atoms with E-state index in [9.17, 15) is 29.2 Å². The zero-order chi connectivity index (χ0) is 41.5. The molecule has 6 aliphatic rings. The topological polar surface area (TPSA) is 144 Å². The number of Topliss-reactive ketones (excluding diaryl/α,β-unsaturated/α-hetero) is 2. The van der Waals surface area contributed by atoms with Gasteiger partial charge < -0.3 is 14.5 Å². The van der Waals surface area contributed by atoms with Crippen LogP contribution in [-0.4, -0.2) is 99.4 Å². The van der Waals surface area contributed by atoms with Gasteiger partial charge in [0.05, 0.1) is 27.8 Å². The lowest BCUT2D eigenvalue weighted by molar-refractivity contribution is -0.199. The molecule has 5 heterocycles. The molecular formula is C46H45ClN6O6. The Kier molecular flexibility index (Phi) is 9.45. The number of pyridine rings is 1. The van der Waals surface area contributed by atoms with Crippen LogP contribution in [0.15, 0.2) is 48.7 Å². The smallest absolute Gasteiger partial charge is 0.263 e. The summed E-state index contributed by atoms with van der Waals surface area (Å²) in [5.41, 5.74) is 2.73. The Bertz CT molecular complexity index is 2430. The van der Waals surface area contributed by atoms with Crippen LogP contribution in [0.1, 0.15) is 108 Å². The van der Waals surface area contributed by atoms with E-state index in [1.54, 1.807) is 24.3 Å². The Labute approximate surface area is 348 Å². The minimum atomic E-state index is -0.917. The van der Waals surface area contributed by atoms with Gasteiger partial charge in [-0.3, -0.25) is 33.8 Å². The first-order chi connectivity index (χ1) is 28.1. The Morgan fingerprint density at radius 3 is 2.32 bits per heavy atom. The van der Waals surface area contributed by atoms with Gasteiger partial charge >= 0.3 is 0 Å². The van der Waals surface area contributed by atoms with Gasteiger partial charge in [0, 0.05) is 104 Å². The molecule has 1 unspecified atom stereocenters. The number of likely N-dealkylation sites (tertiary alicyclic amines) is 1. The number of anilines is 1. The first-order valence-corrected chi connectivity index (χ1v) is 20.8. The van der Waals surface area contributed by atoms with Crippen LogP contribution in [0.4, 0.5) is 5.82 Å². The van der Waals surface area contributed by atoms with Gasteiger partial charge in [-0.15, -0.1) is 0 Å². The summed E-state index contributed by atoms with van der Waals surface area (Å²) < 4.78 is 6.47. The summed E-state index contributed by atoms with van der Waals surface area (Å²) >= 11 is 6.29. The molecule has 3 aromatic rings. The maximum Gasteiger partial charge on any atom is 0.263 e. The van der Waals surface area contributed by atoms with Gasteiger partial charge in [-0.25, -0.2) is 4.98 Å². The zero-order valence-corrected chi connectivity index (χ0v) is 34.3. The highest BCUT2D eigenvalue weighted by atomic mass is 35.5. The van der Waals surface area contributed by atoms with Gasteiger partial charge in [0.25, 0.3) is 17.7 Å². The molecule has 0 bridgehead atoms. The molecule has 9 rings (SSSR count). The quantitative estimate of drug-likeness (QED) is 0.225. The number of amides is 3. The van der Waals surface area contributed by atoms with Gasteiger partial charge in [-0.2, -0.15) is 5.26 Å². The molecule has 1 aromatic heterocycles. The fourth-order valence-electron chi connectivity index (χ4n) is 10.7. The second-order valence-electron chi connectivity index (χ2n) is 18.1. The number of carbonyl (C=O) groups excluding carboxylic acids is 5. The third-order valence-electron chi connectivity index (χ3n) is 13.4. The van der Waals surface area contributed by atoms with Crippen LogP contribution in [0.2, 0.25) is 5.02 Å². The Hall–Kier alpha value is -5.56. The fraction of sp³-hybridized carbons (Fsp3) is 0.457. The van der Waals surface area contributed by atoms with Crippen molar-refractivity contribution >= 4 is 46.7 Å². The van der Waals surface area contributed by atoms with Crippen molar-refractivity contribution in [1.82, 2.24) is 19.7 Å². The first-order valence-electron chi connectivity index (χ1n) is 20.4. The standard InChI is InChI=1S/C46H45ClN6O6/c1-45(2)43(46(3,4)44(45)59-32-13-11-28(19-48)36(47)17-32)52-23-29-16-26(10-14-33(29)40(52)56)8-9-27-21-50(22-27)30-24-51(25-30)39-18-34-35(20-49-39)42(58)53(41(34)57)37-15-12-31(54)6-5-7-38(37)55/h10-11,13-14,16-18,20,27,30,37,43-44H,5-7,12,15,21-25H2,1-4H3/t37?,43-,44-. The van der Waals surface area contributed by atoms with E-state index in [0.29, 0.717) is 53.1 Å². The lowest BCUT2D eigenvalue weighted by Gasteiger charge is -2.65. The highest BCUT2D eigenvalue weighted by Crippen LogP contribution is 2.59. The predicted octanol–water partition coefficient (Wildman–Crippen LogP) is 5.68. The molecule has 2 saturated carbocycles. The monoisotopic (exact) mass is 812 g/mol. The molecule has 0 spiro atoms. The normalized spacial score (nSPS) is 25.2. The van der Waals surface area contributed by atoms with Crippen LogP contribution in [0.3, 0.4) is 0 Å². The van der Waals surface area contributed by atoms with Crippen LogP contribution in [-0.2, 0) is 16.1 Å². The van der Waals surface area contributed by atoms with E-state index >= 15 is 0 Å². The SMILES string of the molecule is CC1(C)[C@H](Oc2ccc(C#N)c(Cl)c2)C(C)(C)[C@H]1N1Cc2cc(C#CC3CN(C4CN(c5cc6c(cn5)C(=O)N(C5CCC(=O)CCCC5=O)C6=O)C4)C3)ccc2C1=O. The molecule has 0 N–H and O–H groups in total. The van der Waals surface area contributed by atoms with Crippen molar-refractivity contribution in [3.8, 4) is 23.7 Å². The molecule has 2 aromatic carbocycles. The minimum Gasteiger partial charge on any atom is -0.489 e. The third kappa shape index (κ3) is 6.48. The molecule has 2 aliphatic carbocycles. The average molecular weight is 813 g/mol. The Morgan fingerprint density at radius 1 is 0.847 bits per heavy atom. The molecular weight excluding hydrogens is 768 g/mol. The van der Waals surface area contributed by atoms with Crippen LogP contribution in [0.5, 0.6) is 5.75 Å². The van der Waals surface area contributed by atoms with E-state index in [0.717, 1.165) is 42.2 Å². The highest BCUT2D eigenvalue weighted by Gasteiger charge is 2.67. The molecule has 4 aliphatic heterocycles. The van der Waals surface area contributed by atoms with Crippen LogP contribution >= 0.6 is 11.6 Å². The molecule has 0 radical (unpaired) electrons. The fourth-order valence-corrected chi connectivity index (χ4v) is 10.9. The molecule has 4 fully saturated rings. The Balaban J connectivity index is 0.781. The summed E-state index contributed by atoms with van der Waals surface area (Å²) in [5.74, 6) is 7.14. The number of halogens is 1. The Morgan fingerprint density at radius 2 is 1.59 bits per heavy atom. The molecule has 59 heavy (non-hydrogen) atoms. The molecule has 12 nitrogen and oxygen atoms in total. The number of ketones is 2. The second kappa shape index (κ2) is 14.3. The molecule has 2 saturated heterocycles. The second-order valence-corrected chi connectivity index (χ2v) is 18.5. The number of rotatable bonds is 6. The van der Waals surface area contributed by atoms with Crippen LogP contribution in [0, 0.1) is 39.9 Å². The van der Waals surface area contributed by atoms with Crippen molar-refractivity contribution < 1.29 is 28.7 Å². The van der Waals surface area contributed by atoms with E-state index in [2.05, 4.69) is 60.4 Å². The molecule has 302 valence electrons. The number of benzene rings is 2. The van der Waals surface area contributed by atoms with Gasteiger partial charge in [0.15, 0.2) is 5.78 Å². The number of hydrogen-bond acceptors (Lipinski definition) is 10. The zero-order valence-electron chi connectivity index (χ0n) is 33.6. The van der Waals surface area contributed by atoms with Crippen molar-refractivity contribution in [3.05, 3.63) is 87.1 Å². The van der Waals surface area contributed by atoms with Crippen molar-refractivity contribution in [3.63, 3.8) is 0 Å². The van der Waals surface area contributed by atoms with Crippen molar-refractivity contribution in [2.75, 3.05) is 31.1 Å². The number of ether oxygens (including phenoxy) is 1. The minimum absolute atomic E-state index is 0.0206. The number of hydrogen-bond donors (Lipinski definition) is 0. The van der Waals surface area contributed by atoms with E-state index in [4.69, 9.17) is 16.3 Å². The van der Waals surface area contributed by atoms with Gasteiger partial charge in [-0.1, -0.05) is 51.1 Å². The van der Waals surface area contributed by atoms with E-state index in [1.807, 2.05) is 23.1 Å². The maximum atomic E-state index is 13.8. The van der Waals surface area contributed by atoms with Crippen molar-refractivity contribution in [2.45, 2.75) is 90.6 Å². The first kappa shape index (κ1) is 38.9. The number of fused-ring (bicyclic) bond motifs is 2. The number of carbonyl (C=O) groups is 5. The number of nitrogens with zero attached hydrogens (tertiary/aromatic N) is 6. The maximum absolute atomic E-state index is 13.8. The van der Waals surface area contributed by atoms with Gasteiger partial charge in [0.2, 0.25) is 0 Å². The number of aromatic nitrogens is 1. The van der Waals surface area contributed by atoms with Gasteiger partial charge in [-0.05, 0) is 54.8 Å². The third-order valence-corrected chi connectivity index (χ3v) is 13.7. The predicted molar refractivity (Wildman–Crippen MR) is 218 cm³/mol. The average Bonchev–Trinajstić information content (AvgIpc) is 3.60. The molecule has 3 amide bonds.